The Bertz CT molecular complexity index is 896. The van der Waals surface area contributed by atoms with Crippen molar-refractivity contribution in [3.8, 4) is 6.07 Å². The number of nitriles is 1. The van der Waals surface area contributed by atoms with E-state index >= 15 is 0 Å². The Morgan fingerprint density at radius 1 is 1.23 bits per heavy atom. The number of carbonyl (C=O) groups excluding carboxylic acids is 1. The molecule has 5 rings (SSSR count). The van der Waals surface area contributed by atoms with Gasteiger partial charge in [-0.05, 0) is 67.7 Å². The first-order valence-electron chi connectivity index (χ1n) is 11.8. The third-order valence-electron chi connectivity index (χ3n) is 8.51. The number of carbonyl (C=O) groups is 1. The molecule has 2 saturated heterocycles. The standard InChI is InChI=1S/C26H33N3O2/c1-18-4-3-9-26(2)15-24-21(14-23(18)26)22(25(30)31-24)17-28-10-12-29(13-11-28)20-7-5-19(16-27)6-8-20/h5-8,21-24H,1,3-4,9-15,17H2,2H3/t21-,22-,23+,24+,26+/m0/s1. The Labute approximate surface area is 185 Å². The second-order valence-corrected chi connectivity index (χ2v) is 10.4. The second-order valence-electron chi connectivity index (χ2n) is 10.4. The van der Waals surface area contributed by atoms with Crippen molar-refractivity contribution in [3.63, 3.8) is 0 Å². The average Bonchev–Trinajstić information content (AvgIpc) is 3.06. The number of allylic oxidation sites excluding steroid dienone is 1. The molecule has 0 unspecified atom stereocenters. The van der Waals surface area contributed by atoms with Gasteiger partial charge in [0.05, 0.1) is 17.6 Å². The zero-order chi connectivity index (χ0) is 21.6. The number of piperazine rings is 1. The van der Waals surface area contributed by atoms with E-state index in [9.17, 15) is 4.79 Å². The maximum atomic E-state index is 12.8. The first-order valence-corrected chi connectivity index (χ1v) is 11.8. The molecular weight excluding hydrogens is 386 g/mol. The average molecular weight is 420 g/mol. The molecule has 5 atom stereocenters. The number of hydrogen-bond acceptors (Lipinski definition) is 5. The van der Waals surface area contributed by atoms with Crippen LogP contribution in [0.2, 0.25) is 0 Å². The fraction of sp³-hybridized carbons (Fsp3) is 0.615. The topological polar surface area (TPSA) is 56.6 Å². The van der Waals surface area contributed by atoms with E-state index in [0.717, 1.165) is 52.0 Å². The summed E-state index contributed by atoms with van der Waals surface area (Å²) in [5.41, 5.74) is 3.53. The van der Waals surface area contributed by atoms with Crippen molar-refractivity contribution in [1.29, 1.82) is 5.26 Å². The van der Waals surface area contributed by atoms with E-state index in [0.29, 0.717) is 17.4 Å². The van der Waals surface area contributed by atoms with E-state index in [4.69, 9.17) is 10.00 Å². The molecule has 0 bridgehead atoms. The number of anilines is 1. The number of rotatable bonds is 3. The minimum absolute atomic E-state index is 0.00531. The number of hydrogen-bond donors (Lipinski definition) is 0. The largest absolute Gasteiger partial charge is 0.462 e. The summed E-state index contributed by atoms with van der Waals surface area (Å²) in [4.78, 5) is 17.7. The van der Waals surface area contributed by atoms with Crippen molar-refractivity contribution in [2.75, 3.05) is 37.6 Å². The summed E-state index contributed by atoms with van der Waals surface area (Å²) < 4.78 is 5.95. The zero-order valence-corrected chi connectivity index (χ0v) is 18.6. The smallest absolute Gasteiger partial charge is 0.310 e. The van der Waals surface area contributed by atoms with Gasteiger partial charge in [-0.15, -0.1) is 0 Å². The molecule has 0 aromatic heterocycles. The molecule has 2 aliphatic heterocycles. The molecule has 164 valence electrons. The Kier molecular flexibility index (Phi) is 5.30. The molecular formula is C26H33N3O2. The molecule has 31 heavy (non-hydrogen) atoms. The molecule has 5 nitrogen and oxygen atoms in total. The number of esters is 1. The minimum Gasteiger partial charge on any atom is -0.462 e. The summed E-state index contributed by atoms with van der Waals surface area (Å²) in [5, 5.41) is 8.99. The van der Waals surface area contributed by atoms with E-state index in [-0.39, 0.29) is 23.4 Å². The van der Waals surface area contributed by atoms with Gasteiger partial charge in [0.15, 0.2) is 0 Å². The summed E-state index contributed by atoms with van der Waals surface area (Å²) in [6, 6.07) is 10.0. The van der Waals surface area contributed by atoms with Gasteiger partial charge in [-0.2, -0.15) is 5.26 Å². The normalized spacial score (nSPS) is 35.8. The highest BCUT2D eigenvalue weighted by Crippen LogP contribution is 2.56. The Morgan fingerprint density at radius 2 is 1.97 bits per heavy atom. The highest BCUT2D eigenvalue weighted by molar-refractivity contribution is 5.75. The highest BCUT2D eigenvalue weighted by atomic mass is 16.6. The van der Waals surface area contributed by atoms with E-state index in [1.807, 2.05) is 24.3 Å². The van der Waals surface area contributed by atoms with Crippen LogP contribution in [0.25, 0.3) is 0 Å². The van der Waals surface area contributed by atoms with Gasteiger partial charge in [-0.1, -0.05) is 19.1 Å². The second kappa shape index (κ2) is 7.98. The Hall–Kier alpha value is -2.32. The van der Waals surface area contributed by atoms with Gasteiger partial charge in [0.1, 0.15) is 6.10 Å². The molecule has 4 aliphatic rings. The van der Waals surface area contributed by atoms with Gasteiger partial charge in [-0.25, -0.2) is 0 Å². The van der Waals surface area contributed by atoms with E-state index in [2.05, 4.69) is 29.4 Å². The molecule has 0 spiro atoms. The van der Waals surface area contributed by atoms with Crippen molar-refractivity contribution >= 4 is 11.7 Å². The van der Waals surface area contributed by atoms with Crippen LogP contribution >= 0.6 is 0 Å². The quantitative estimate of drug-likeness (QED) is 0.548. The van der Waals surface area contributed by atoms with Gasteiger partial charge in [0, 0.05) is 44.3 Å². The van der Waals surface area contributed by atoms with Crippen LogP contribution in [-0.4, -0.2) is 49.7 Å². The lowest BCUT2D eigenvalue weighted by Gasteiger charge is -2.50. The first-order chi connectivity index (χ1) is 15.0. The predicted molar refractivity (Wildman–Crippen MR) is 120 cm³/mol. The molecule has 0 N–H and O–H groups in total. The molecule has 1 aromatic carbocycles. The number of ether oxygens (including phenoxy) is 1. The summed E-state index contributed by atoms with van der Waals surface area (Å²) in [6.07, 6.45) is 5.79. The van der Waals surface area contributed by atoms with Crippen LogP contribution in [0.4, 0.5) is 5.69 Å². The summed E-state index contributed by atoms with van der Waals surface area (Å²) >= 11 is 0. The van der Waals surface area contributed by atoms with Crippen molar-refractivity contribution in [1.82, 2.24) is 4.90 Å². The van der Waals surface area contributed by atoms with Gasteiger partial charge in [0.25, 0.3) is 0 Å². The van der Waals surface area contributed by atoms with E-state index < -0.39 is 0 Å². The maximum Gasteiger partial charge on any atom is 0.310 e. The highest BCUT2D eigenvalue weighted by Gasteiger charge is 2.55. The SMILES string of the molecule is C=C1CCC[C@]2(C)C[C@H]3OC(=O)[C@@H](CN4CCN(c5ccc(C#N)cc5)CC4)[C@@H]3C[C@H]12. The zero-order valence-electron chi connectivity index (χ0n) is 18.6. The van der Waals surface area contributed by atoms with Crippen LogP contribution in [0, 0.1) is 34.5 Å². The monoisotopic (exact) mass is 419 g/mol. The first kappa shape index (κ1) is 20.6. The van der Waals surface area contributed by atoms with Crippen LogP contribution in [0.3, 0.4) is 0 Å². The number of nitrogens with zero attached hydrogens (tertiary/aromatic N) is 3. The van der Waals surface area contributed by atoms with Gasteiger partial charge >= 0.3 is 5.97 Å². The van der Waals surface area contributed by atoms with Crippen molar-refractivity contribution in [3.05, 3.63) is 42.0 Å². The number of benzene rings is 1. The van der Waals surface area contributed by atoms with Gasteiger partial charge < -0.3 is 9.64 Å². The van der Waals surface area contributed by atoms with Gasteiger partial charge in [0.2, 0.25) is 0 Å². The fourth-order valence-corrected chi connectivity index (χ4v) is 6.68. The molecule has 2 heterocycles. The van der Waals surface area contributed by atoms with Crippen LogP contribution in [0.15, 0.2) is 36.4 Å². The van der Waals surface area contributed by atoms with Crippen molar-refractivity contribution in [2.45, 2.75) is 45.1 Å². The summed E-state index contributed by atoms with van der Waals surface area (Å²) in [5.74, 6) is 0.924. The fourth-order valence-electron chi connectivity index (χ4n) is 6.68. The van der Waals surface area contributed by atoms with E-state index in [1.54, 1.807) is 0 Å². The third-order valence-corrected chi connectivity index (χ3v) is 8.51. The Morgan fingerprint density at radius 3 is 2.68 bits per heavy atom. The minimum atomic E-state index is 0.00531. The van der Waals surface area contributed by atoms with Crippen LogP contribution in [-0.2, 0) is 9.53 Å². The van der Waals surface area contributed by atoms with Crippen molar-refractivity contribution in [2.24, 2.45) is 23.2 Å². The lowest BCUT2D eigenvalue weighted by molar-refractivity contribution is -0.146. The predicted octanol–water partition coefficient (Wildman–Crippen LogP) is 3.99. The molecule has 5 heteroatoms. The van der Waals surface area contributed by atoms with Gasteiger partial charge in [-0.3, -0.25) is 9.69 Å². The van der Waals surface area contributed by atoms with Crippen LogP contribution < -0.4 is 4.90 Å². The molecule has 2 aliphatic carbocycles. The third kappa shape index (κ3) is 3.76. The maximum absolute atomic E-state index is 12.8. The summed E-state index contributed by atoms with van der Waals surface area (Å²) in [6.45, 7) is 11.4. The molecule has 0 radical (unpaired) electrons. The lowest BCUT2D eigenvalue weighted by atomic mass is 9.55. The van der Waals surface area contributed by atoms with Crippen LogP contribution in [0.1, 0.15) is 44.6 Å². The number of fused-ring (bicyclic) bond motifs is 2. The lowest BCUT2D eigenvalue weighted by Crippen LogP contribution is -2.50. The molecule has 1 aromatic rings. The molecule has 2 saturated carbocycles. The van der Waals surface area contributed by atoms with Crippen LogP contribution in [0.5, 0.6) is 0 Å². The molecule has 0 amide bonds. The van der Waals surface area contributed by atoms with E-state index in [1.165, 1.54) is 24.1 Å². The van der Waals surface area contributed by atoms with Crippen molar-refractivity contribution < 1.29 is 9.53 Å². The molecule has 4 fully saturated rings. The summed E-state index contributed by atoms with van der Waals surface area (Å²) in [7, 11) is 0. The Balaban J connectivity index is 1.21.